The van der Waals surface area contributed by atoms with Crippen molar-refractivity contribution in [2.45, 2.75) is 26.7 Å². The van der Waals surface area contributed by atoms with E-state index in [1.807, 2.05) is 0 Å². The van der Waals surface area contributed by atoms with Gasteiger partial charge in [0.05, 0.1) is 13.2 Å². The van der Waals surface area contributed by atoms with Gasteiger partial charge in [0, 0.05) is 32.7 Å². The first kappa shape index (κ1) is 13.9. The van der Waals surface area contributed by atoms with E-state index in [9.17, 15) is 0 Å². The fourth-order valence-electron chi connectivity index (χ4n) is 1.73. The van der Waals surface area contributed by atoms with Gasteiger partial charge in [0.25, 0.3) is 0 Å². The Morgan fingerprint density at radius 1 is 1.21 bits per heavy atom. The molecule has 0 saturated carbocycles. The monoisotopic (exact) mass is 203 g/mol. The molecule has 86 valence electrons. The van der Waals surface area contributed by atoms with Crippen molar-refractivity contribution in [1.82, 2.24) is 5.32 Å². The summed E-state index contributed by atoms with van der Waals surface area (Å²) in [6, 6.07) is 0. The maximum absolute atomic E-state index is 5.25. The Hall–Kier alpha value is -0.120. The third kappa shape index (κ3) is 6.35. The number of hydrogen-bond acceptors (Lipinski definition) is 3. The van der Waals surface area contributed by atoms with Crippen molar-refractivity contribution in [3.63, 3.8) is 0 Å². The van der Waals surface area contributed by atoms with E-state index in [2.05, 4.69) is 19.2 Å². The Bertz CT molecular complexity index is 122. The van der Waals surface area contributed by atoms with Gasteiger partial charge in [-0.15, -0.1) is 0 Å². The fourth-order valence-corrected chi connectivity index (χ4v) is 1.73. The second-order valence-corrected chi connectivity index (χ2v) is 4.16. The lowest BCUT2D eigenvalue weighted by Crippen LogP contribution is -2.36. The topological polar surface area (TPSA) is 30.5 Å². The SMILES string of the molecule is CCCC(C)(CNCCOC)COC. The standard InChI is InChI=1S/C11H25NO2/c1-5-6-11(2,10-14-4)9-12-7-8-13-3/h12H,5-10H2,1-4H3. The van der Waals surface area contributed by atoms with Gasteiger partial charge < -0.3 is 14.8 Å². The molecule has 0 aromatic carbocycles. The number of hydrogen-bond donors (Lipinski definition) is 1. The molecule has 0 heterocycles. The largest absolute Gasteiger partial charge is 0.384 e. The average Bonchev–Trinajstić information content (AvgIpc) is 2.13. The Balaban J connectivity index is 3.71. The van der Waals surface area contributed by atoms with Gasteiger partial charge in [-0.3, -0.25) is 0 Å². The summed E-state index contributed by atoms with van der Waals surface area (Å²) < 4.78 is 10.2. The summed E-state index contributed by atoms with van der Waals surface area (Å²) in [6.45, 7) is 7.98. The first-order valence-corrected chi connectivity index (χ1v) is 5.37. The van der Waals surface area contributed by atoms with Crippen LogP contribution in [0.3, 0.4) is 0 Å². The molecular formula is C11H25NO2. The Kier molecular flexibility index (Phi) is 8.14. The Morgan fingerprint density at radius 2 is 1.93 bits per heavy atom. The van der Waals surface area contributed by atoms with Gasteiger partial charge in [-0.2, -0.15) is 0 Å². The molecule has 1 N–H and O–H groups in total. The van der Waals surface area contributed by atoms with E-state index in [0.717, 1.165) is 26.3 Å². The fraction of sp³-hybridized carbons (Fsp3) is 1.00. The van der Waals surface area contributed by atoms with Crippen molar-refractivity contribution in [2.75, 3.05) is 40.5 Å². The minimum atomic E-state index is 0.261. The first-order valence-electron chi connectivity index (χ1n) is 5.37. The summed E-state index contributed by atoms with van der Waals surface area (Å²) in [4.78, 5) is 0. The molecule has 0 aromatic rings. The number of nitrogens with one attached hydrogen (secondary N) is 1. The van der Waals surface area contributed by atoms with Crippen LogP contribution in [-0.4, -0.2) is 40.5 Å². The van der Waals surface area contributed by atoms with Crippen LogP contribution in [-0.2, 0) is 9.47 Å². The van der Waals surface area contributed by atoms with Crippen LogP contribution in [0.2, 0.25) is 0 Å². The normalized spacial score (nSPS) is 15.4. The molecule has 0 bridgehead atoms. The van der Waals surface area contributed by atoms with Gasteiger partial charge in [-0.05, 0) is 6.42 Å². The van der Waals surface area contributed by atoms with Crippen LogP contribution in [0.15, 0.2) is 0 Å². The average molecular weight is 203 g/mol. The summed E-state index contributed by atoms with van der Waals surface area (Å²) >= 11 is 0. The van der Waals surface area contributed by atoms with Crippen LogP contribution in [0.1, 0.15) is 26.7 Å². The summed E-state index contributed by atoms with van der Waals surface area (Å²) in [5, 5.41) is 3.39. The maximum Gasteiger partial charge on any atom is 0.0587 e. The van der Waals surface area contributed by atoms with E-state index >= 15 is 0 Å². The highest BCUT2D eigenvalue weighted by molar-refractivity contribution is 4.76. The minimum Gasteiger partial charge on any atom is -0.384 e. The van der Waals surface area contributed by atoms with Crippen LogP contribution >= 0.6 is 0 Å². The van der Waals surface area contributed by atoms with Gasteiger partial charge in [0.2, 0.25) is 0 Å². The van der Waals surface area contributed by atoms with Crippen molar-refractivity contribution in [3.8, 4) is 0 Å². The Labute approximate surface area is 88.2 Å². The smallest absolute Gasteiger partial charge is 0.0587 e. The number of methoxy groups -OCH3 is 2. The zero-order valence-electron chi connectivity index (χ0n) is 10.1. The maximum atomic E-state index is 5.25. The summed E-state index contributed by atoms with van der Waals surface area (Å²) in [5.74, 6) is 0. The molecule has 0 rings (SSSR count). The van der Waals surface area contributed by atoms with E-state index in [0.29, 0.717) is 0 Å². The molecule has 0 saturated heterocycles. The molecule has 0 amide bonds. The highest BCUT2D eigenvalue weighted by atomic mass is 16.5. The lowest BCUT2D eigenvalue weighted by Gasteiger charge is -2.28. The zero-order valence-corrected chi connectivity index (χ0v) is 10.1. The summed E-state index contributed by atoms with van der Waals surface area (Å²) in [6.07, 6.45) is 2.40. The van der Waals surface area contributed by atoms with E-state index in [-0.39, 0.29) is 5.41 Å². The molecule has 1 atom stereocenters. The second kappa shape index (κ2) is 8.21. The van der Waals surface area contributed by atoms with Gasteiger partial charge >= 0.3 is 0 Å². The van der Waals surface area contributed by atoms with E-state index < -0.39 is 0 Å². The molecule has 14 heavy (non-hydrogen) atoms. The lowest BCUT2D eigenvalue weighted by molar-refractivity contribution is 0.0820. The zero-order chi connectivity index (χ0) is 10.9. The van der Waals surface area contributed by atoms with Crippen molar-refractivity contribution in [2.24, 2.45) is 5.41 Å². The Morgan fingerprint density at radius 3 is 2.43 bits per heavy atom. The molecule has 1 unspecified atom stereocenters. The van der Waals surface area contributed by atoms with Crippen LogP contribution in [0, 0.1) is 5.41 Å². The van der Waals surface area contributed by atoms with Crippen molar-refractivity contribution >= 4 is 0 Å². The molecule has 0 aliphatic heterocycles. The van der Waals surface area contributed by atoms with E-state index in [1.165, 1.54) is 12.8 Å². The summed E-state index contributed by atoms with van der Waals surface area (Å²) in [5.41, 5.74) is 0.261. The van der Waals surface area contributed by atoms with Crippen LogP contribution < -0.4 is 5.32 Å². The molecule has 0 aliphatic carbocycles. The molecule has 3 heteroatoms. The van der Waals surface area contributed by atoms with Crippen molar-refractivity contribution in [3.05, 3.63) is 0 Å². The van der Waals surface area contributed by atoms with Gasteiger partial charge in [-0.25, -0.2) is 0 Å². The minimum absolute atomic E-state index is 0.261. The highest BCUT2D eigenvalue weighted by Gasteiger charge is 2.22. The molecule has 0 fully saturated rings. The number of rotatable bonds is 9. The van der Waals surface area contributed by atoms with Crippen molar-refractivity contribution in [1.29, 1.82) is 0 Å². The number of ether oxygens (including phenoxy) is 2. The molecule has 0 spiro atoms. The quantitative estimate of drug-likeness (QED) is 0.578. The molecule has 0 aliphatic rings. The van der Waals surface area contributed by atoms with Gasteiger partial charge in [0.15, 0.2) is 0 Å². The molecule has 0 aromatic heterocycles. The summed E-state index contributed by atoms with van der Waals surface area (Å²) in [7, 11) is 3.49. The van der Waals surface area contributed by atoms with Crippen LogP contribution in [0.25, 0.3) is 0 Å². The molecular weight excluding hydrogens is 178 g/mol. The third-order valence-corrected chi connectivity index (χ3v) is 2.38. The third-order valence-electron chi connectivity index (χ3n) is 2.38. The van der Waals surface area contributed by atoms with Gasteiger partial charge in [-0.1, -0.05) is 20.3 Å². The lowest BCUT2D eigenvalue weighted by atomic mass is 9.86. The van der Waals surface area contributed by atoms with Gasteiger partial charge in [0.1, 0.15) is 0 Å². The molecule has 0 radical (unpaired) electrons. The predicted molar refractivity (Wildman–Crippen MR) is 59.6 cm³/mol. The van der Waals surface area contributed by atoms with Crippen LogP contribution in [0.4, 0.5) is 0 Å². The first-order chi connectivity index (χ1) is 6.68. The molecule has 3 nitrogen and oxygen atoms in total. The van der Waals surface area contributed by atoms with Crippen molar-refractivity contribution < 1.29 is 9.47 Å². The van der Waals surface area contributed by atoms with E-state index in [1.54, 1.807) is 14.2 Å². The van der Waals surface area contributed by atoms with E-state index in [4.69, 9.17) is 9.47 Å². The predicted octanol–water partition coefficient (Wildman–Crippen LogP) is 1.68. The highest BCUT2D eigenvalue weighted by Crippen LogP contribution is 2.22. The second-order valence-electron chi connectivity index (χ2n) is 4.16. The van der Waals surface area contributed by atoms with Crippen LogP contribution in [0.5, 0.6) is 0 Å².